The van der Waals surface area contributed by atoms with E-state index in [4.69, 9.17) is 0 Å². The average molecular weight is 481 g/mol. The highest BCUT2D eigenvalue weighted by Gasteiger charge is 2.48. The molecule has 0 radical (unpaired) electrons. The topological polar surface area (TPSA) is 93.2 Å². The quantitative estimate of drug-likeness (QED) is 0.453. The highest BCUT2D eigenvalue weighted by molar-refractivity contribution is 5.83. The molecule has 2 aliphatic rings. The molecule has 1 aliphatic heterocycles. The van der Waals surface area contributed by atoms with Crippen LogP contribution in [0.3, 0.4) is 0 Å². The molecule has 35 heavy (non-hydrogen) atoms. The van der Waals surface area contributed by atoms with Crippen molar-refractivity contribution in [1.82, 2.24) is 34.0 Å². The molecular formula is C24H26F2N8O. The van der Waals surface area contributed by atoms with Gasteiger partial charge in [-0.3, -0.25) is 4.79 Å². The van der Waals surface area contributed by atoms with Crippen molar-refractivity contribution in [3.8, 4) is 11.3 Å². The molecule has 1 saturated heterocycles. The van der Waals surface area contributed by atoms with E-state index in [2.05, 4.69) is 32.3 Å². The first-order valence-electron chi connectivity index (χ1n) is 11.8. The van der Waals surface area contributed by atoms with Crippen LogP contribution in [0.15, 0.2) is 30.6 Å². The van der Waals surface area contributed by atoms with Gasteiger partial charge in [0.25, 0.3) is 6.43 Å². The number of amides is 1. The number of rotatable bonds is 6. The lowest BCUT2D eigenvalue weighted by molar-refractivity contribution is -0.136. The Morgan fingerprint density at radius 3 is 2.80 bits per heavy atom. The molecule has 1 aliphatic carbocycles. The molecule has 9 nitrogen and oxygen atoms in total. The summed E-state index contributed by atoms with van der Waals surface area (Å²) in [4.78, 5) is 27.6. The zero-order valence-corrected chi connectivity index (χ0v) is 19.6. The van der Waals surface area contributed by atoms with E-state index in [9.17, 15) is 13.6 Å². The van der Waals surface area contributed by atoms with Crippen molar-refractivity contribution >= 4 is 28.5 Å². The standard InChI is InChI=1S/C24H26F2N8O/c1-14-28-18-6-5-17(30-22(18)32(14)13-20(25)26)16-7-9-34-19(16)12-27-23(31-34)29-15-10-24(2,11-15)33-8-3-4-21(33)35/h5-7,9,12,15,20H,3-4,8,10-11,13H2,1-2H3,(H,29,31). The van der Waals surface area contributed by atoms with Gasteiger partial charge < -0.3 is 14.8 Å². The van der Waals surface area contributed by atoms with E-state index in [1.807, 2.05) is 23.2 Å². The fourth-order valence-electron chi connectivity index (χ4n) is 5.53. The van der Waals surface area contributed by atoms with Crippen LogP contribution >= 0.6 is 0 Å². The molecule has 4 aromatic heterocycles. The van der Waals surface area contributed by atoms with Crippen LogP contribution in [-0.4, -0.2) is 64.5 Å². The molecule has 1 amide bonds. The molecule has 182 valence electrons. The average Bonchev–Trinajstić information content (AvgIpc) is 3.49. The Balaban J connectivity index is 1.22. The van der Waals surface area contributed by atoms with Crippen molar-refractivity contribution in [2.45, 2.75) is 64.1 Å². The van der Waals surface area contributed by atoms with Crippen LogP contribution in [-0.2, 0) is 11.3 Å². The van der Waals surface area contributed by atoms with E-state index in [1.54, 1.807) is 23.7 Å². The summed E-state index contributed by atoms with van der Waals surface area (Å²) in [6.45, 7) is 4.25. The summed E-state index contributed by atoms with van der Waals surface area (Å²) >= 11 is 0. The van der Waals surface area contributed by atoms with Gasteiger partial charge in [-0.25, -0.2) is 28.2 Å². The van der Waals surface area contributed by atoms with Crippen molar-refractivity contribution in [1.29, 1.82) is 0 Å². The fourth-order valence-corrected chi connectivity index (χ4v) is 5.53. The number of carbonyl (C=O) groups is 1. The molecule has 0 bridgehead atoms. The van der Waals surface area contributed by atoms with Gasteiger partial charge in [0.15, 0.2) is 5.65 Å². The van der Waals surface area contributed by atoms with Gasteiger partial charge in [0.2, 0.25) is 11.9 Å². The number of halogens is 2. The molecule has 0 unspecified atom stereocenters. The van der Waals surface area contributed by atoms with Gasteiger partial charge in [0, 0.05) is 36.3 Å². The largest absolute Gasteiger partial charge is 0.350 e. The van der Waals surface area contributed by atoms with Crippen LogP contribution in [0, 0.1) is 6.92 Å². The summed E-state index contributed by atoms with van der Waals surface area (Å²) in [5.41, 5.74) is 3.15. The Kier molecular flexibility index (Phi) is 4.97. The smallest absolute Gasteiger partial charge is 0.256 e. The first-order valence-corrected chi connectivity index (χ1v) is 11.8. The summed E-state index contributed by atoms with van der Waals surface area (Å²) in [7, 11) is 0. The highest BCUT2D eigenvalue weighted by Crippen LogP contribution is 2.41. The summed E-state index contributed by atoms with van der Waals surface area (Å²) in [6, 6.07) is 5.73. The first-order chi connectivity index (χ1) is 16.8. The number of likely N-dealkylation sites (tertiary alicyclic amines) is 1. The van der Waals surface area contributed by atoms with Gasteiger partial charge in [0.1, 0.15) is 11.3 Å². The van der Waals surface area contributed by atoms with Gasteiger partial charge >= 0.3 is 0 Å². The van der Waals surface area contributed by atoms with E-state index in [0.717, 1.165) is 36.9 Å². The summed E-state index contributed by atoms with van der Waals surface area (Å²) < 4.78 is 29.3. The molecule has 0 spiro atoms. The van der Waals surface area contributed by atoms with Crippen molar-refractivity contribution in [3.63, 3.8) is 0 Å². The molecule has 0 aromatic carbocycles. The normalized spacial score (nSPS) is 22.5. The number of nitrogens with one attached hydrogen (secondary N) is 1. The van der Waals surface area contributed by atoms with Crippen molar-refractivity contribution in [3.05, 3.63) is 36.4 Å². The third-order valence-corrected chi connectivity index (χ3v) is 7.23. The van der Waals surface area contributed by atoms with E-state index in [1.165, 1.54) is 4.57 Å². The van der Waals surface area contributed by atoms with Gasteiger partial charge in [-0.2, -0.15) is 0 Å². The Bertz CT molecular complexity index is 1440. The van der Waals surface area contributed by atoms with Crippen LogP contribution in [0.2, 0.25) is 0 Å². The maximum atomic E-state index is 13.1. The number of alkyl halides is 2. The number of pyridine rings is 1. The Morgan fingerprint density at radius 2 is 2.06 bits per heavy atom. The van der Waals surface area contributed by atoms with Crippen molar-refractivity contribution < 1.29 is 13.6 Å². The number of aromatic nitrogens is 6. The minimum absolute atomic E-state index is 0.0878. The molecule has 1 saturated carbocycles. The lowest BCUT2D eigenvalue weighted by Crippen LogP contribution is -2.59. The maximum Gasteiger partial charge on any atom is 0.256 e. The van der Waals surface area contributed by atoms with Crippen molar-refractivity contribution in [2.75, 3.05) is 11.9 Å². The molecule has 6 rings (SSSR count). The number of nitrogens with zero attached hydrogens (tertiary/aromatic N) is 7. The number of anilines is 1. The van der Waals surface area contributed by atoms with Gasteiger partial charge in [-0.15, -0.1) is 5.10 Å². The third kappa shape index (κ3) is 3.69. The predicted octanol–water partition coefficient (Wildman–Crippen LogP) is 3.67. The minimum Gasteiger partial charge on any atom is -0.350 e. The summed E-state index contributed by atoms with van der Waals surface area (Å²) in [5, 5.41) is 7.98. The number of aryl methyl sites for hydroxylation is 1. The monoisotopic (exact) mass is 480 g/mol. The Labute approximate surface area is 200 Å². The highest BCUT2D eigenvalue weighted by atomic mass is 19.3. The number of imidazole rings is 1. The van der Waals surface area contributed by atoms with E-state index >= 15 is 0 Å². The molecule has 11 heteroatoms. The predicted molar refractivity (Wildman–Crippen MR) is 126 cm³/mol. The number of hydrogen-bond donors (Lipinski definition) is 1. The lowest BCUT2D eigenvalue weighted by Gasteiger charge is -2.51. The third-order valence-electron chi connectivity index (χ3n) is 7.23. The van der Waals surface area contributed by atoms with Crippen LogP contribution in [0.4, 0.5) is 14.7 Å². The van der Waals surface area contributed by atoms with Crippen LogP contribution in [0.5, 0.6) is 0 Å². The molecule has 0 atom stereocenters. The second-order valence-electron chi connectivity index (χ2n) is 9.74. The van der Waals surface area contributed by atoms with Gasteiger partial charge in [-0.05, 0) is 51.3 Å². The van der Waals surface area contributed by atoms with Gasteiger partial charge in [0.05, 0.1) is 24.0 Å². The van der Waals surface area contributed by atoms with E-state index < -0.39 is 13.0 Å². The van der Waals surface area contributed by atoms with E-state index in [-0.39, 0.29) is 17.5 Å². The van der Waals surface area contributed by atoms with E-state index in [0.29, 0.717) is 35.1 Å². The maximum absolute atomic E-state index is 13.1. The molecule has 4 aromatic rings. The fraction of sp³-hybridized carbons (Fsp3) is 0.458. The second-order valence-corrected chi connectivity index (χ2v) is 9.74. The zero-order valence-electron chi connectivity index (χ0n) is 19.6. The lowest BCUT2D eigenvalue weighted by atomic mass is 9.73. The molecule has 5 heterocycles. The van der Waals surface area contributed by atoms with Crippen LogP contribution < -0.4 is 5.32 Å². The summed E-state index contributed by atoms with van der Waals surface area (Å²) in [6.07, 6.45) is 4.41. The number of fused-ring (bicyclic) bond motifs is 2. The summed E-state index contributed by atoms with van der Waals surface area (Å²) in [5.74, 6) is 1.28. The Morgan fingerprint density at radius 1 is 1.23 bits per heavy atom. The zero-order chi connectivity index (χ0) is 24.3. The molecule has 1 N–H and O–H groups in total. The number of hydrogen-bond acceptors (Lipinski definition) is 6. The second kappa shape index (κ2) is 7.96. The SMILES string of the molecule is Cc1nc2ccc(-c3ccn4nc(NC5CC(C)(N6CCCC6=O)C5)ncc34)nc2n1CC(F)F. The van der Waals surface area contributed by atoms with Gasteiger partial charge in [-0.1, -0.05) is 0 Å². The first kappa shape index (κ1) is 21.9. The van der Waals surface area contributed by atoms with Crippen LogP contribution in [0.25, 0.3) is 27.9 Å². The molecular weight excluding hydrogens is 454 g/mol. The van der Waals surface area contributed by atoms with Crippen molar-refractivity contribution in [2.24, 2.45) is 0 Å². The number of carbonyl (C=O) groups excluding carboxylic acids is 1. The Hall–Kier alpha value is -3.63. The van der Waals surface area contributed by atoms with Crippen LogP contribution in [0.1, 0.15) is 38.4 Å². The minimum atomic E-state index is -2.49. The molecule has 2 fully saturated rings.